The fraction of sp³-hybridized carbons (Fsp3) is 0.933. The summed E-state index contributed by atoms with van der Waals surface area (Å²) in [5.41, 5.74) is 5.94. The Balaban J connectivity index is 4.21. The Labute approximate surface area is 118 Å². The van der Waals surface area contributed by atoms with E-state index in [0.29, 0.717) is 13.0 Å². The van der Waals surface area contributed by atoms with E-state index in [1.807, 2.05) is 4.90 Å². The van der Waals surface area contributed by atoms with Crippen molar-refractivity contribution in [2.45, 2.75) is 64.8 Å². The normalized spacial score (nSPS) is 12.4. The first-order valence-corrected chi connectivity index (χ1v) is 7.70. The molecule has 0 aromatic heterocycles. The second-order valence-electron chi connectivity index (χ2n) is 5.13. The Morgan fingerprint density at radius 1 is 1.11 bits per heavy atom. The third kappa shape index (κ3) is 9.00. The Bertz CT molecular complexity index is 212. The van der Waals surface area contributed by atoms with Crippen LogP contribution >= 0.6 is 0 Å². The quantitative estimate of drug-likeness (QED) is 0.556. The first-order chi connectivity index (χ1) is 9.17. The molecule has 0 aliphatic heterocycles. The van der Waals surface area contributed by atoms with E-state index in [4.69, 9.17) is 10.5 Å². The first-order valence-electron chi connectivity index (χ1n) is 7.70. The summed E-state index contributed by atoms with van der Waals surface area (Å²) >= 11 is 0. The number of amides is 1. The highest BCUT2D eigenvalue weighted by Gasteiger charge is 2.19. The molecule has 0 bridgehead atoms. The fourth-order valence-electron chi connectivity index (χ4n) is 2.04. The smallest absolute Gasteiger partial charge is 0.239 e. The highest BCUT2D eigenvalue weighted by atomic mass is 16.5. The summed E-state index contributed by atoms with van der Waals surface area (Å²) in [6.45, 7) is 6.58. The van der Waals surface area contributed by atoms with Crippen molar-refractivity contribution < 1.29 is 9.53 Å². The van der Waals surface area contributed by atoms with Crippen LogP contribution in [0.25, 0.3) is 0 Å². The Hall–Kier alpha value is -0.610. The van der Waals surface area contributed by atoms with E-state index in [1.54, 1.807) is 7.11 Å². The van der Waals surface area contributed by atoms with Crippen LogP contribution in [-0.4, -0.2) is 43.7 Å². The van der Waals surface area contributed by atoms with E-state index in [-0.39, 0.29) is 5.91 Å². The van der Waals surface area contributed by atoms with Crippen LogP contribution in [0, 0.1) is 0 Å². The van der Waals surface area contributed by atoms with Crippen LogP contribution in [0.15, 0.2) is 0 Å². The van der Waals surface area contributed by atoms with Gasteiger partial charge in [-0.2, -0.15) is 0 Å². The molecule has 0 aliphatic carbocycles. The molecule has 0 aliphatic rings. The van der Waals surface area contributed by atoms with Crippen LogP contribution in [0.3, 0.4) is 0 Å². The number of ether oxygens (including phenoxy) is 1. The summed E-state index contributed by atoms with van der Waals surface area (Å²) in [4.78, 5) is 14.2. The van der Waals surface area contributed by atoms with Gasteiger partial charge in [-0.1, -0.05) is 39.5 Å². The van der Waals surface area contributed by atoms with Gasteiger partial charge in [0.2, 0.25) is 5.91 Å². The number of carbonyl (C=O) groups excluding carboxylic acids is 1. The van der Waals surface area contributed by atoms with Gasteiger partial charge in [0.1, 0.15) is 0 Å². The van der Waals surface area contributed by atoms with E-state index < -0.39 is 6.04 Å². The summed E-state index contributed by atoms with van der Waals surface area (Å²) < 4.78 is 4.99. The fourth-order valence-corrected chi connectivity index (χ4v) is 2.04. The highest BCUT2D eigenvalue weighted by Crippen LogP contribution is 2.06. The van der Waals surface area contributed by atoms with Gasteiger partial charge in [-0.05, 0) is 19.3 Å². The Morgan fingerprint density at radius 3 is 2.05 bits per heavy atom. The highest BCUT2D eigenvalue weighted by molar-refractivity contribution is 5.81. The Kier molecular flexibility index (Phi) is 12.0. The number of nitrogens with two attached hydrogens (primary N) is 1. The summed E-state index contributed by atoms with van der Waals surface area (Å²) in [7, 11) is 1.64. The van der Waals surface area contributed by atoms with Crippen molar-refractivity contribution in [2.24, 2.45) is 5.73 Å². The molecule has 0 saturated carbocycles. The van der Waals surface area contributed by atoms with E-state index >= 15 is 0 Å². The molecule has 1 unspecified atom stereocenters. The Morgan fingerprint density at radius 2 is 1.63 bits per heavy atom. The van der Waals surface area contributed by atoms with Gasteiger partial charge in [0.25, 0.3) is 0 Å². The van der Waals surface area contributed by atoms with Crippen molar-refractivity contribution in [3.63, 3.8) is 0 Å². The molecule has 1 amide bonds. The zero-order chi connectivity index (χ0) is 14.5. The minimum atomic E-state index is -0.414. The number of methoxy groups -OCH3 is 1. The zero-order valence-corrected chi connectivity index (χ0v) is 13.0. The molecule has 114 valence electrons. The second kappa shape index (κ2) is 12.4. The number of hydrogen-bond acceptors (Lipinski definition) is 3. The second-order valence-corrected chi connectivity index (χ2v) is 5.13. The molecule has 0 radical (unpaired) electrons. The van der Waals surface area contributed by atoms with Crippen LogP contribution in [0.2, 0.25) is 0 Å². The molecule has 1 atom stereocenters. The number of rotatable bonds is 12. The van der Waals surface area contributed by atoms with Crippen molar-refractivity contribution in [1.82, 2.24) is 4.90 Å². The molecule has 0 aromatic carbocycles. The van der Waals surface area contributed by atoms with Crippen LogP contribution in [0.5, 0.6) is 0 Å². The van der Waals surface area contributed by atoms with Gasteiger partial charge in [0, 0.05) is 26.8 Å². The zero-order valence-electron chi connectivity index (χ0n) is 13.0. The SMILES string of the molecule is CCCCCN(CCCCC)C(=O)C(N)CCOC. The van der Waals surface area contributed by atoms with Gasteiger partial charge in [0.05, 0.1) is 6.04 Å². The number of nitrogens with zero attached hydrogens (tertiary/aromatic N) is 1. The molecule has 0 heterocycles. The van der Waals surface area contributed by atoms with Crippen molar-refractivity contribution >= 4 is 5.91 Å². The molecular formula is C15H32N2O2. The number of unbranched alkanes of at least 4 members (excludes halogenated alkanes) is 4. The van der Waals surface area contributed by atoms with Gasteiger partial charge in [0.15, 0.2) is 0 Å². The van der Waals surface area contributed by atoms with E-state index in [9.17, 15) is 4.79 Å². The first kappa shape index (κ1) is 18.4. The molecule has 0 rings (SSSR count). The predicted octanol–water partition coefficient (Wildman–Crippen LogP) is 2.56. The van der Waals surface area contributed by atoms with Gasteiger partial charge < -0.3 is 15.4 Å². The van der Waals surface area contributed by atoms with Crippen LogP contribution in [0.4, 0.5) is 0 Å². The minimum Gasteiger partial charge on any atom is -0.385 e. The molecular weight excluding hydrogens is 240 g/mol. The average molecular weight is 272 g/mol. The maximum absolute atomic E-state index is 12.3. The largest absolute Gasteiger partial charge is 0.385 e. The number of hydrogen-bond donors (Lipinski definition) is 1. The van der Waals surface area contributed by atoms with Crippen LogP contribution in [0.1, 0.15) is 58.8 Å². The molecule has 0 spiro atoms. The lowest BCUT2D eigenvalue weighted by Gasteiger charge is -2.25. The summed E-state index contributed by atoms with van der Waals surface area (Å²) in [6, 6.07) is -0.414. The molecule has 2 N–H and O–H groups in total. The maximum Gasteiger partial charge on any atom is 0.239 e. The molecule has 19 heavy (non-hydrogen) atoms. The summed E-state index contributed by atoms with van der Waals surface area (Å²) in [5.74, 6) is 0.0873. The summed E-state index contributed by atoms with van der Waals surface area (Å²) in [6.07, 6.45) is 7.44. The lowest BCUT2D eigenvalue weighted by Crippen LogP contribution is -2.45. The molecule has 0 fully saturated rings. The van der Waals surface area contributed by atoms with Crippen molar-refractivity contribution in [1.29, 1.82) is 0 Å². The maximum atomic E-state index is 12.3. The molecule has 4 nitrogen and oxygen atoms in total. The van der Waals surface area contributed by atoms with Crippen molar-refractivity contribution in [3.05, 3.63) is 0 Å². The third-order valence-corrected chi connectivity index (χ3v) is 3.33. The van der Waals surface area contributed by atoms with E-state index in [2.05, 4.69) is 13.8 Å². The average Bonchev–Trinajstić information content (AvgIpc) is 2.42. The van der Waals surface area contributed by atoms with Crippen LogP contribution < -0.4 is 5.73 Å². The lowest BCUT2D eigenvalue weighted by molar-refractivity contribution is -0.133. The van der Waals surface area contributed by atoms with Crippen molar-refractivity contribution in [2.75, 3.05) is 26.8 Å². The standard InChI is InChI=1S/C15H32N2O2/c1-4-6-8-11-17(12-9-7-5-2)15(18)14(16)10-13-19-3/h14H,4-13,16H2,1-3H3. The van der Waals surface area contributed by atoms with Gasteiger partial charge in [-0.3, -0.25) is 4.79 Å². The topological polar surface area (TPSA) is 55.6 Å². The minimum absolute atomic E-state index is 0.0873. The molecule has 0 aromatic rings. The van der Waals surface area contributed by atoms with Gasteiger partial charge in [-0.15, -0.1) is 0 Å². The van der Waals surface area contributed by atoms with Crippen LogP contribution in [-0.2, 0) is 9.53 Å². The number of carbonyl (C=O) groups is 1. The van der Waals surface area contributed by atoms with Gasteiger partial charge in [-0.25, -0.2) is 0 Å². The summed E-state index contributed by atoms with van der Waals surface area (Å²) in [5, 5.41) is 0. The predicted molar refractivity (Wildman–Crippen MR) is 80.1 cm³/mol. The molecule has 0 saturated heterocycles. The molecule has 4 heteroatoms. The van der Waals surface area contributed by atoms with Gasteiger partial charge >= 0.3 is 0 Å². The van der Waals surface area contributed by atoms with E-state index in [0.717, 1.165) is 25.9 Å². The van der Waals surface area contributed by atoms with Crippen molar-refractivity contribution in [3.8, 4) is 0 Å². The lowest BCUT2D eigenvalue weighted by atomic mass is 10.1. The monoisotopic (exact) mass is 272 g/mol. The van der Waals surface area contributed by atoms with E-state index in [1.165, 1.54) is 25.7 Å². The third-order valence-electron chi connectivity index (χ3n) is 3.33.